The second-order valence-electron chi connectivity index (χ2n) is 5.72. The molecule has 1 atom stereocenters. The minimum absolute atomic E-state index is 0.00371. The lowest BCUT2D eigenvalue weighted by atomic mass is 9.97. The number of aromatic nitrogens is 1. The zero-order valence-electron chi connectivity index (χ0n) is 13.3. The molecule has 1 aromatic heterocycles. The molecule has 23 heavy (non-hydrogen) atoms. The third-order valence-electron chi connectivity index (χ3n) is 4.23. The number of benzene rings is 1. The van der Waals surface area contributed by atoms with Gasteiger partial charge in [-0.3, -0.25) is 9.88 Å². The van der Waals surface area contributed by atoms with Crippen molar-refractivity contribution in [2.24, 2.45) is 0 Å². The maximum absolute atomic E-state index is 14.2. The normalized spacial score (nSPS) is 17.5. The Morgan fingerprint density at radius 1 is 1.22 bits per heavy atom. The number of nitrogens with one attached hydrogen (secondary N) is 1. The average Bonchev–Trinajstić information content (AvgIpc) is 2.86. The van der Waals surface area contributed by atoms with Crippen LogP contribution in [0.1, 0.15) is 23.6 Å². The van der Waals surface area contributed by atoms with Crippen molar-refractivity contribution < 1.29 is 9.13 Å². The highest BCUT2D eigenvalue weighted by atomic mass is 19.1. The maximum Gasteiger partial charge on any atom is 0.165 e. The van der Waals surface area contributed by atoms with E-state index in [2.05, 4.69) is 21.3 Å². The van der Waals surface area contributed by atoms with Gasteiger partial charge in [-0.1, -0.05) is 12.1 Å². The molecule has 122 valence electrons. The second kappa shape index (κ2) is 7.53. The van der Waals surface area contributed by atoms with E-state index in [0.717, 1.165) is 43.7 Å². The summed E-state index contributed by atoms with van der Waals surface area (Å²) in [6.45, 7) is 3.86. The Morgan fingerprint density at radius 3 is 2.87 bits per heavy atom. The Bertz CT molecular complexity index is 627. The summed E-state index contributed by atoms with van der Waals surface area (Å²) in [6.07, 6.45) is 4.71. The molecule has 1 aliphatic rings. The number of hydrogen-bond donors (Lipinski definition) is 1. The van der Waals surface area contributed by atoms with Gasteiger partial charge < -0.3 is 10.1 Å². The smallest absolute Gasteiger partial charge is 0.165 e. The van der Waals surface area contributed by atoms with E-state index >= 15 is 0 Å². The number of ether oxygens (including phenoxy) is 1. The summed E-state index contributed by atoms with van der Waals surface area (Å²) in [5.41, 5.74) is 2.01. The molecule has 0 amide bonds. The first kappa shape index (κ1) is 15.9. The van der Waals surface area contributed by atoms with Crippen LogP contribution in [0, 0.1) is 5.82 Å². The number of halogens is 1. The third-order valence-corrected chi connectivity index (χ3v) is 4.23. The molecule has 0 saturated carbocycles. The lowest BCUT2D eigenvalue weighted by molar-refractivity contribution is 0.240. The Morgan fingerprint density at radius 2 is 2.13 bits per heavy atom. The summed E-state index contributed by atoms with van der Waals surface area (Å²) in [4.78, 5) is 6.63. The first-order valence-electron chi connectivity index (χ1n) is 7.97. The molecule has 0 radical (unpaired) electrons. The van der Waals surface area contributed by atoms with Crippen LogP contribution in [0.3, 0.4) is 0 Å². The Balaban J connectivity index is 1.99. The van der Waals surface area contributed by atoms with E-state index in [1.54, 1.807) is 18.3 Å². The zero-order chi connectivity index (χ0) is 16.1. The van der Waals surface area contributed by atoms with Crippen molar-refractivity contribution in [2.75, 3.05) is 33.3 Å². The summed E-state index contributed by atoms with van der Waals surface area (Å²) < 4.78 is 19.2. The number of nitrogens with zero attached hydrogens (tertiary/aromatic N) is 2. The predicted molar refractivity (Wildman–Crippen MR) is 88.1 cm³/mol. The van der Waals surface area contributed by atoms with Crippen molar-refractivity contribution in [3.05, 3.63) is 59.7 Å². The van der Waals surface area contributed by atoms with Crippen LogP contribution in [-0.2, 0) is 0 Å². The second-order valence-corrected chi connectivity index (χ2v) is 5.72. The van der Waals surface area contributed by atoms with E-state index in [4.69, 9.17) is 4.74 Å². The van der Waals surface area contributed by atoms with Crippen molar-refractivity contribution >= 4 is 0 Å². The molecule has 0 spiro atoms. The fraction of sp³-hybridized carbons (Fsp3) is 0.389. The van der Waals surface area contributed by atoms with Gasteiger partial charge in [-0.25, -0.2) is 4.39 Å². The van der Waals surface area contributed by atoms with Crippen LogP contribution in [0.5, 0.6) is 5.75 Å². The Kier molecular flexibility index (Phi) is 5.20. The van der Waals surface area contributed by atoms with Crippen LogP contribution in [-0.4, -0.2) is 43.2 Å². The minimum atomic E-state index is -0.327. The van der Waals surface area contributed by atoms with Gasteiger partial charge in [0.2, 0.25) is 0 Å². The van der Waals surface area contributed by atoms with E-state index in [9.17, 15) is 4.39 Å². The number of pyridine rings is 1. The van der Waals surface area contributed by atoms with Crippen LogP contribution >= 0.6 is 0 Å². The fourth-order valence-electron chi connectivity index (χ4n) is 3.13. The monoisotopic (exact) mass is 315 g/mol. The highest BCUT2D eigenvalue weighted by Crippen LogP contribution is 2.31. The molecule has 1 N–H and O–H groups in total. The van der Waals surface area contributed by atoms with E-state index in [1.165, 1.54) is 7.11 Å². The van der Waals surface area contributed by atoms with E-state index in [-0.39, 0.29) is 17.6 Å². The van der Waals surface area contributed by atoms with Crippen molar-refractivity contribution in [1.82, 2.24) is 15.2 Å². The van der Waals surface area contributed by atoms with Crippen LogP contribution < -0.4 is 10.1 Å². The van der Waals surface area contributed by atoms with Gasteiger partial charge in [0.05, 0.1) is 13.2 Å². The summed E-state index contributed by atoms with van der Waals surface area (Å²) in [7, 11) is 1.48. The van der Waals surface area contributed by atoms with Crippen molar-refractivity contribution in [3.8, 4) is 5.75 Å². The Labute approximate surface area is 136 Å². The molecule has 0 bridgehead atoms. The molecule has 2 heterocycles. The van der Waals surface area contributed by atoms with Gasteiger partial charge in [-0.2, -0.15) is 0 Å². The summed E-state index contributed by atoms with van der Waals surface area (Å²) >= 11 is 0. The topological polar surface area (TPSA) is 37.4 Å². The first-order chi connectivity index (χ1) is 11.3. The number of methoxy groups -OCH3 is 1. The molecule has 4 nitrogen and oxygen atoms in total. The standard InChI is InChI=1S/C18H22FN3O/c1-23-17-6-5-14(12-16(17)19)18(15-4-2-7-21-13-15)22-10-3-8-20-9-11-22/h2,4-7,12-13,18,20H,3,8-11H2,1H3. The molecule has 1 fully saturated rings. The van der Waals surface area contributed by atoms with Gasteiger partial charge in [0.15, 0.2) is 11.6 Å². The quantitative estimate of drug-likeness (QED) is 0.941. The van der Waals surface area contributed by atoms with Gasteiger partial charge in [-0.15, -0.1) is 0 Å². The van der Waals surface area contributed by atoms with Gasteiger partial charge in [-0.05, 0) is 42.3 Å². The third kappa shape index (κ3) is 3.68. The Hall–Kier alpha value is -1.98. The summed E-state index contributed by atoms with van der Waals surface area (Å²) in [5.74, 6) is -0.0527. The van der Waals surface area contributed by atoms with Gasteiger partial charge in [0.1, 0.15) is 0 Å². The van der Waals surface area contributed by atoms with Crippen molar-refractivity contribution in [3.63, 3.8) is 0 Å². The van der Waals surface area contributed by atoms with Crippen LogP contribution in [0.15, 0.2) is 42.7 Å². The molecular weight excluding hydrogens is 293 g/mol. The molecular formula is C18H22FN3O. The molecule has 1 aliphatic heterocycles. The molecule has 0 aliphatic carbocycles. The molecule has 1 unspecified atom stereocenters. The van der Waals surface area contributed by atoms with Crippen molar-refractivity contribution in [1.29, 1.82) is 0 Å². The van der Waals surface area contributed by atoms with Crippen LogP contribution in [0.2, 0.25) is 0 Å². The summed E-state index contributed by atoms with van der Waals surface area (Å²) in [6, 6.07) is 9.21. The highest BCUT2D eigenvalue weighted by Gasteiger charge is 2.24. The number of rotatable bonds is 4. The maximum atomic E-state index is 14.2. The molecule has 1 saturated heterocycles. The lowest BCUT2D eigenvalue weighted by Crippen LogP contribution is -2.33. The average molecular weight is 315 g/mol. The summed E-state index contributed by atoms with van der Waals surface area (Å²) in [5, 5.41) is 3.41. The van der Waals surface area contributed by atoms with E-state index in [1.807, 2.05) is 18.3 Å². The molecule has 3 rings (SSSR count). The van der Waals surface area contributed by atoms with Crippen molar-refractivity contribution in [2.45, 2.75) is 12.5 Å². The first-order valence-corrected chi connectivity index (χ1v) is 7.97. The zero-order valence-corrected chi connectivity index (χ0v) is 13.3. The molecule has 1 aromatic carbocycles. The van der Waals surface area contributed by atoms with Gasteiger partial charge >= 0.3 is 0 Å². The highest BCUT2D eigenvalue weighted by molar-refractivity contribution is 5.36. The number of hydrogen-bond acceptors (Lipinski definition) is 4. The molecule has 2 aromatic rings. The lowest BCUT2D eigenvalue weighted by Gasteiger charge is -2.31. The van der Waals surface area contributed by atoms with Gasteiger partial charge in [0, 0.05) is 32.0 Å². The van der Waals surface area contributed by atoms with Gasteiger partial charge in [0.25, 0.3) is 0 Å². The molecule has 5 heteroatoms. The van der Waals surface area contributed by atoms with Crippen LogP contribution in [0.4, 0.5) is 4.39 Å². The predicted octanol–water partition coefficient (Wildman–Crippen LogP) is 2.61. The van der Waals surface area contributed by atoms with E-state index < -0.39 is 0 Å². The van der Waals surface area contributed by atoms with Crippen LogP contribution in [0.25, 0.3) is 0 Å². The SMILES string of the molecule is COc1ccc(C(c2cccnc2)N2CCCNCC2)cc1F. The minimum Gasteiger partial charge on any atom is -0.494 e. The fourth-order valence-corrected chi connectivity index (χ4v) is 3.13. The largest absolute Gasteiger partial charge is 0.494 e. The van der Waals surface area contributed by atoms with E-state index in [0.29, 0.717) is 0 Å².